The third kappa shape index (κ3) is 4.54. The number of hydrogen-bond acceptors (Lipinski definition) is 5. The van der Waals surface area contributed by atoms with Crippen LogP contribution in [0.1, 0.15) is 11.4 Å². The Balaban J connectivity index is 1.23. The number of para-hydroxylation sites is 1. The number of benzene rings is 2. The van der Waals surface area contributed by atoms with E-state index in [4.69, 9.17) is 4.98 Å². The second kappa shape index (κ2) is 9.30. The van der Waals surface area contributed by atoms with E-state index >= 15 is 0 Å². The summed E-state index contributed by atoms with van der Waals surface area (Å²) in [5.74, 6) is 0.678. The second-order valence-corrected chi connectivity index (χ2v) is 8.03. The predicted octanol–water partition coefficient (Wildman–Crippen LogP) is 2.94. The summed E-state index contributed by atoms with van der Waals surface area (Å²) in [6.07, 6.45) is 5.98. The molecule has 162 valence electrons. The number of nitrogens with one attached hydrogen (secondary N) is 1. The summed E-state index contributed by atoms with van der Waals surface area (Å²) >= 11 is 0. The summed E-state index contributed by atoms with van der Waals surface area (Å²) in [6, 6.07) is 20.1. The number of piperazine rings is 1. The molecule has 1 aliphatic rings. The summed E-state index contributed by atoms with van der Waals surface area (Å²) in [6.45, 7) is 5.44. The lowest BCUT2D eigenvalue weighted by Crippen LogP contribution is -2.46. The van der Waals surface area contributed by atoms with Gasteiger partial charge in [-0.2, -0.15) is 5.10 Å². The Morgan fingerprint density at radius 3 is 2.34 bits per heavy atom. The van der Waals surface area contributed by atoms with E-state index < -0.39 is 0 Å². The van der Waals surface area contributed by atoms with E-state index in [0.717, 1.165) is 38.4 Å². The van der Waals surface area contributed by atoms with Gasteiger partial charge in [0.25, 0.3) is 5.56 Å². The Morgan fingerprint density at radius 2 is 1.59 bits per heavy atom. The van der Waals surface area contributed by atoms with Gasteiger partial charge in [0.15, 0.2) is 5.65 Å². The molecule has 2 aromatic carbocycles. The highest BCUT2D eigenvalue weighted by molar-refractivity contribution is 5.75. The van der Waals surface area contributed by atoms with Crippen molar-refractivity contribution in [2.75, 3.05) is 32.7 Å². The average Bonchev–Trinajstić information content (AvgIpc) is 3.26. The average molecular weight is 427 g/mol. The molecule has 0 atom stereocenters. The number of hydrogen-bond donors (Lipinski definition) is 1. The molecule has 0 unspecified atom stereocenters. The Morgan fingerprint density at radius 1 is 0.906 bits per heavy atom. The molecule has 1 N–H and O–H groups in total. The van der Waals surface area contributed by atoms with Crippen LogP contribution in [0.25, 0.3) is 22.8 Å². The minimum Gasteiger partial charge on any atom is -0.309 e. The molecule has 32 heavy (non-hydrogen) atoms. The fourth-order valence-electron chi connectivity index (χ4n) is 4.04. The van der Waals surface area contributed by atoms with Gasteiger partial charge >= 0.3 is 0 Å². The zero-order valence-electron chi connectivity index (χ0n) is 17.9. The Labute approximate surface area is 186 Å². The zero-order chi connectivity index (χ0) is 21.8. The topological polar surface area (TPSA) is 70.1 Å². The largest absolute Gasteiger partial charge is 0.309 e. The van der Waals surface area contributed by atoms with E-state index in [1.54, 1.807) is 10.9 Å². The number of aromatic amines is 1. The van der Waals surface area contributed by atoms with Gasteiger partial charge in [-0.3, -0.25) is 14.6 Å². The van der Waals surface area contributed by atoms with Crippen molar-refractivity contribution in [2.24, 2.45) is 0 Å². The summed E-state index contributed by atoms with van der Waals surface area (Å²) in [5, 5.41) is 4.89. The number of H-pyrrole nitrogens is 1. The van der Waals surface area contributed by atoms with Crippen LogP contribution in [0, 0.1) is 0 Å². The summed E-state index contributed by atoms with van der Waals surface area (Å²) in [5.41, 5.74) is 2.58. The summed E-state index contributed by atoms with van der Waals surface area (Å²) < 4.78 is 1.73. The van der Waals surface area contributed by atoms with E-state index in [1.165, 1.54) is 5.56 Å². The second-order valence-electron chi connectivity index (χ2n) is 8.03. The molecule has 4 aromatic rings. The van der Waals surface area contributed by atoms with Gasteiger partial charge in [0.1, 0.15) is 11.2 Å². The van der Waals surface area contributed by atoms with Crippen LogP contribution < -0.4 is 5.56 Å². The molecular formula is C25H26N6O. The first-order valence-corrected chi connectivity index (χ1v) is 10.9. The number of rotatable bonds is 6. The molecule has 7 heteroatoms. The third-order valence-electron chi connectivity index (χ3n) is 5.80. The predicted molar refractivity (Wildman–Crippen MR) is 127 cm³/mol. The normalized spacial score (nSPS) is 15.6. The lowest BCUT2D eigenvalue weighted by Gasteiger charge is -2.33. The lowest BCUT2D eigenvalue weighted by atomic mass is 10.2. The smallest absolute Gasteiger partial charge is 0.262 e. The monoisotopic (exact) mass is 426 g/mol. The molecular weight excluding hydrogens is 400 g/mol. The maximum absolute atomic E-state index is 12.6. The Kier molecular flexibility index (Phi) is 5.91. The van der Waals surface area contributed by atoms with Crippen LogP contribution in [0.5, 0.6) is 0 Å². The van der Waals surface area contributed by atoms with Gasteiger partial charge < -0.3 is 4.98 Å². The van der Waals surface area contributed by atoms with Crippen LogP contribution >= 0.6 is 0 Å². The molecule has 1 aliphatic heterocycles. The number of nitrogens with zero attached hydrogens (tertiary/aromatic N) is 5. The van der Waals surface area contributed by atoms with E-state index in [0.29, 0.717) is 23.4 Å². The molecule has 1 saturated heterocycles. The molecule has 5 rings (SSSR count). The highest BCUT2D eigenvalue weighted by Crippen LogP contribution is 2.14. The van der Waals surface area contributed by atoms with Crippen molar-refractivity contribution in [1.82, 2.24) is 29.5 Å². The zero-order valence-corrected chi connectivity index (χ0v) is 17.9. The minimum absolute atomic E-state index is 0.142. The maximum Gasteiger partial charge on any atom is 0.262 e. The van der Waals surface area contributed by atoms with Crippen molar-refractivity contribution >= 4 is 17.1 Å². The molecule has 0 bridgehead atoms. The van der Waals surface area contributed by atoms with Crippen LogP contribution in [0.2, 0.25) is 0 Å². The first kappa shape index (κ1) is 20.4. The van der Waals surface area contributed by atoms with Crippen molar-refractivity contribution in [1.29, 1.82) is 0 Å². The lowest BCUT2D eigenvalue weighted by molar-refractivity contribution is 0.134. The van der Waals surface area contributed by atoms with E-state index in [9.17, 15) is 4.79 Å². The molecule has 7 nitrogen and oxygen atoms in total. The van der Waals surface area contributed by atoms with Gasteiger partial charge in [-0.15, -0.1) is 0 Å². The van der Waals surface area contributed by atoms with Crippen molar-refractivity contribution in [3.05, 3.63) is 94.7 Å². The van der Waals surface area contributed by atoms with Crippen LogP contribution in [0.15, 0.2) is 77.7 Å². The van der Waals surface area contributed by atoms with Gasteiger partial charge in [0.2, 0.25) is 0 Å². The standard InChI is InChI=1S/C25H26N6O/c32-25-22-18-26-31(21-11-5-2-6-12-21)24(22)27-23(28-25)19-30-16-14-29(15-17-30)13-7-10-20-8-3-1-4-9-20/h1-12,18H,13-17,19H2,(H,27,28,32)/b10-7+. The summed E-state index contributed by atoms with van der Waals surface area (Å²) in [7, 11) is 0. The summed E-state index contributed by atoms with van der Waals surface area (Å²) in [4.78, 5) is 25.1. The van der Waals surface area contributed by atoms with Gasteiger partial charge in [0.05, 0.1) is 18.4 Å². The van der Waals surface area contributed by atoms with E-state index in [2.05, 4.69) is 56.3 Å². The molecule has 0 spiro atoms. The Hall–Kier alpha value is -3.55. The van der Waals surface area contributed by atoms with Crippen LogP contribution in [0.4, 0.5) is 0 Å². The molecule has 1 fully saturated rings. The van der Waals surface area contributed by atoms with Gasteiger partial charge in [-0.1, -0.05) is 60.7 Å². The molecule has 0 amide bonds. The maximum atomic E-state index is 12.6. The van der Waals surface area contributed by atoms with Crippen molar-refractivity contribution in [3.8, 4) is 5.69 Å². The first-order valence-electron chi connectivity index (χ1n) is 10.9. The van der Waals surface area contributed by atoms with Crippen LogP contribution in [-0.4, -0.2) is 62.3 Å². The Bertz CT molecular complexity index is 1250. The van der Waals surface area contributed by atoms with Crippen LogP contribution in [0.3, 0.4) is 0 Å². The molecule has 3 heterocycles. The highest BCUT2D eigenvalue weighted by atomic mass is 16.1. The SMILES string of the molecule is O=c1[nH]c(CN2CCN(C/C=C/c3ccccc3)CC2)nc2c1cnn2-c1ccccc1. The number of aromatic nitrogens is 4. The first-order chi connectivity index (χ1) is 15.8. The minimum atomic E-state index is -0.142. The van der Waals surface area contributed by atoms with Crippen molar-refractivity contribution in [2.45, 2.75) is 6.54 Å². The van der Waals surface area contributed by atoms with E-state index in [1.807, 2.05) is 36.4 Å². The van der Waals surface area contributed by atoms with Gasteiger partial charge in [-0.25, -0.2) is 9.67 Å². The fraction of sp³-hybridized carbons (Fsp3) is 0.240. The van der Waals surface area contributed by atoms with Crippen molar-refractivity contribution in [3.63, 3.8) is 0 Å². The fourth-order valence-corrected chi connectivity index (χ4v) is 4.04. The molecule has 2 aromatic heterocycles. The van der Waals surface area contributed by atoms with Crippen molar-refractivity contribution < 1.29 is 0 Å². The third-order valence-corrected chi connectivity index (χ3v) is 5.80. The van der Waals surface area contributed by atoms with Gasteiger partial charge in [0, 0.05) is 32.7 Å². The molecule has 0 radical (unpaired) electrons. The van der Waals surface area contributed by atoms with E-state index in [-0.39, 0.29) is 5.56 Å². The molecule has 0 aliphatic carbocycles. The quantitative estimate of drug-likeness (QED) is 0.513. The van der Waals surface area contributed by atoms with Gasteiger partial charge in [-0.05, 0) is 17.7 Å². The van der Waals surface area contributed by atoms with Crippen LogP contribution in [-0.2, 0) is 6.54 Å². The molecule has 0 saturated carbocycles. The number of fused-ring (bicyclic) bond motifs is 1. The highest BCUT2D eigenvalue weighted by Gasteiger charge is 2.18.